The van der Waals surface area contributed by atoms with E-state index >= 15 is 0 Å². The predicted octanol–water partition coefficient (Wildman–Crippen LogP) is 4.84. The molecular formula is C22H17ClN2O4S. The van der Waals surface area contributed by atoms with Crippen LogP contribution in [0, 0.1) is 0 Å². The molecule has 0 atom stereocenters. The monoisotopic (exact) mass is 440 g/mol. The molecule has 152 valence electrons. The summed E-state index contributed by atoms with van der Waals surface area (Å²) in [5.41, 5.74) is 2.25. The minimum absolute atomic E-state index is 0.0423. The Kier molecular flexibility index (Phi) is 4.45. The number of sulfonamides is 1. The topological polar surface area (TPSA) is 75.7 Å². The summed E-state index contributed by atoms with van der Waals surface area (Å²) in [6.45, 7) is 0.392. The van der Waals surface area contributed by atoms with E-state index in [2.05, 4.69) is 5.32 Å². The SMILES string of the molecule is O=C1Nc2cc(Cl)ccc2Oc2ccc(S(=O)(=O)N3CCCc4ccccc43)cc21. The van der Waals surface area contributed by atoms with Crippen LogP contribution in [-0.2, 0) is 16.4 Å². The fourth-order valence-electron chi connectivity index (χ4n) is 3.81. The lowest BCUT2D eigenvalue weighted by Crippen LogP contribution is -2.35. The van der Waals surface area contributed by atoms with Crippen molar-refractivity contribution in [1.29, 1.82) is 0 Å². The summed E-state index contributed by atoms with van der Waals surface area (Å²) in [5.74, 6) is 0.265. The van der Waals surface area contributed by atoms with Crippen molar-refractivity contribution in [2.24, 2.45) is 0 Å². The van der Waals surface area contributed by atoms with Crippen LogP contribution in [0.5, 0.6) is 11.5 Å². The molecule has 1 N–H and O–H groups in total. The highest BCUT2D eigenvalue weighted by Gasteiger charge is 2.31. The van der Waals surface area contributed by atoms with Crippen LogP contribution in [-0.4, -0.2) is 20.9 Å². The average Bonchev–Trinajstić information content (AvgIpc) is 2.88. The number of nitrogens with one attached hydrogen (secondary N) is 1. The summed E-state index contributed by atoms with van der Waals surface area (Å²) in [6.07, 6.45) is 1.57. The Morgan fingerprint density at radius 2 is 1.80 bits per heavy atom. The average molecular weight is 441 g/mol. The van der Waals surface area contributed by atoms with Crippen molar-refractivity contribution in [2.45, 2.75) is 17.7 Å². The van der Waals surface area contributed by atoms with Gasteiger partial charge in [-0.2, -0.15) is 0 Å². The first-order valence-corrected chi connectivity index (χ1v) is 11.3. The second kappa shape index (κ2) is 7.04. The van der Waals surface area contributed by atoms with Crippen molar-refractivity contribution in [3.63, 3.8) is 0 Å². The summed E-state index contributed by atoms with van der Waals surface area (Å²) in [6, 6.07) is 16.7. The maximum Gasteiger partial charge on any atom is 0.264 e. The Labute approximate surface area is 179 Å². The molecule has 0 saturated carbocycles. The van der Waals surface area contributed by atoms with E-state index in [1.54, 1.807) is 18.2 Å². The van der Waals surface area contributed by atoms with E-state index < -0.39 is 15.9 Å². The van der Waals surface area contributed by atoms with Crippen molar-refractivity contribution < 1.29 is 17.9 Å². The maximum atomic E-state index is 13.4. The van der Waals surface area contributed by atoms with Gasteiger partial charge in [0.05, 0.1) is 21.8 Å². The first kappa shape index (κ1) is 19.0. The van der Waals surface area contributed by atoms with Gasteiger partial charge in [-0.05, 0) is 60.9 Å². The van der Waals surface area contributed by atoms with Gasteiger partial charge < -0.3 is 10.1 Å². The molecule has 2 heterocycles. The van der Waals surface area contributed by atoms with Crippen LogP contribution in [0.25, 0.3) is 0 Å². The van der Waals surface area contributed by atoms with E-state index in [0.717, 1.165) is 18.4 Å². The van der Waals surface area contributed by atoms with Gasteiger partial charge in [0.1, 0.15) is 5.75 Å². The van der Waals surface area contributed by atoms with Gasteiger partial charge in [-0.1, -0.05) is 29.8 Å². The Balaban J connectivity index is 1.56. The number of fused-ring (bicyclic) bond motifs is 3. The highest BCUT2D eigenvalue weighted by molar-refractivity contribution is 7.92. The molecule has 3 aromatic rings. The number of carbonyl (C=O) groups excluding carboxylic acids is 1. The predicted molar refractivity (Wildman–Crippen MR) is 115 cm³/mol. The first-order valence-electron chi connectivity index (χ1n) is 9.47. The summed E-state index contributed by atoms with van der Waals surface area (Å²) in [5, 5.41) is 3.19. The van der Waals surface area contributed by atoms with E-state index in [0.29, 0.717) is 28.7 Å². The molecule has 0 fully saturated rings. The van der Waals surface area contributed by atoms with Crippen molar-refractivity contribution >= 4 is 38.9 Å². The lowest BCUT2D eigenvalue weighted by molar-refractivity contribution is 0.102. The molecular weight excluding hydrogens is 424 g/mol. The number of nitrogens with zero attached hydrogens (tertiary/aromatic N) is 1. The number of para-hydroxylation sites is 1. The van der Waals surface area contributed by atoms with Crippen LogP contribution in [0.4, 0.5) is 11.4 Å². The Morgan fingerprint density at radius 3 is 2.67 bits per heavy atom. The van der Waals surface area contributed by atoms with E-state index in [1.165, 1.54) is 22.5 Å². The van der Waals surface area contributed by atoms with Crippen LogP contribution >= 0.6 is 11.6 Å². The van der Waals surface area contributed by atoms with Crippen molar-refractivity contribution in [3.05, 3.63) is 76.8 Å². The molecule has 0 radical (unpaired) electrons. The smallest absolute Gasteiger partial charge is 0.264 e. The number of hydrogen-bond acceptors (Lipinski definition) is 4. The summed E-state index contributed by atoms with van der Waals surface area (Å²) in [4.78, 5) is 12.8. The molecule has 0 aliphatic carbocycles. The number of amides is 1. The zero-order valence-corrected chi connectivity index (χ0v) is 17.3. The molecule has 0 aromatic heterocycles. The van der Waals surface area contributed by atoms with Gasteiger partial charge in [0.2, 0.25) is 0 Å². The molecule has 0 saturated heterocycles. The largest absolute Gasteiger partial charge is 0.454 e. The van der Waals surface area contributed by atoms with Gasteiger partial charge >= 0.3 is 0 Å². The third-order valence-electron chi connectivity index (χ3n) is 5.26. The van der Waals surface area contributed by atoms with Crippen LogP contribution in [0.3, 0.4) is 0 Å². The molecule has 8 heteroatoms. The fourth-order valence-corrected chi connectivity index (χ4v) is 5.55. The highest BCUT2D eigenvalue weighted by Crippen LogP contribution is 2.39. The molecule has 2 aliphatic rings. The van der Waals surface area contributed by atoms with E-state index in [4.69, 9.17) is 16.3 Å². The Hall–Kier alpha value is -3.03. The molecule has 6 nitrogen and oxygen atoms in total. The zero-order chi connectivity index (χ0) is 20.9. The number of hydrogen-bond donors (Lipinski definition) is 1. The molecule has 0 unspecified atom stereocenters. The number of ether oxygens (including phenoxy) is 1. The molecule has 0 spiro atoms. The van der Waals surface area contributed by atoms with Crippen molar-refractivity contribution in [1.82, 2.24) is 0 Å². The summed E-state index contributed by atoms with van der Waals surface area (Å²) < 4.78 is 34.1. The molecule has 30 heavy (non-hydrogen) atoms. The van der Waals surface area contributed by atoms with Crippen LogP contribution in [0.1, 0.15) is 22.3 Å². The van der Waals surface area contributed by atoms with Crippen LogP contribution in [0.2, 0.25) is 5.02 Å². The van der Waals surface area contributed by atoms with E-state index in [9.17, 15) is 13.2 Å². The second-order valence-corrected chi connectivity index (χ2v) is 9.46. The lowest BCUT2D eigenvalue weighted by Gasteiger charge is -2.30. The second-order valence-electron chi connectivity index (χ2n) is 7.16. The van der Waals surface area contributed by atoms with E-state index in [1.807, 2.05) is 24.3 Å². The first-order chi connectivity index (χ1) is 14.4. The minimum atomic E-state index is -3.84. The fraction of sp³-hybridized carbons (Fsp3) is 0.136. The molecule has 5 rings (SSSR count). The van der Waals surface area contributed by atoms with E-state index in [-0.39, 0.29) is 16.2 Å². The van der Waals surface area contributed by atoms with Crippen LogP contribution < -0.4 is 14.4 Å². The third-order valence-corrected chi connectivity index (χ3v) is 7.31. The summed E-state index contributed by atoms with van der Waals surface area (Å²) >= 11 is 6.01. The van der Waals surface area contributed by atoms with Gasteiger partial charge in [0, 0.05) is 11.6 Å². The van der Waals surface area contributed by atoms with Crippen molar-refractivity contribution in [2.75, 3.05) is 16.2 Å². The quantitative estimate of drug-likeness (QED) is 0.618. The summed E-state index contributed by atoms with van der Waals surface area (Å²) in [7, 11) is -3.84. The van der Waals surface area contributed by atoms with Gasteiger partial charge in [-0.15, -0.1) is 0 Å². The number of carbonyl (C=O) groups is 1. The number of anilines is 2. The minimum Gasteiger partial charge on any atom is -0.454 e. The number of rotatable bonds is 2. The third kappa shape index (κ3) is 3.11. The highest BCUT2D eigenvalue weighted by atomic mass is 35.5. The van der Waals surface area contributed by atoms with Gasteiger partial charge in [0.15, 0.2) is 5.75 Å². The van der Waals surface area contributed by atoms with Crippen LogP contribution in [0.15, 0.2) is 65.6 Å². The zero-order valence-electron chi connectivity index (χ0n) is 15.8. The van der Waals surface area contributed by atoms with Gasteiger partial charge in [0.25, 0.3) is 15.9 Å². The maximum absolute atomic E-state index is 13.4. The van der Waals surface area contributed by atoms with Gasteiger partial charge in [-0.25, -0.2) is 8.42 Å². The molecule has 2 aliphatic heterocycles. The van der Waals surface area contributed by atoms with Crippen molar-refractivity contribution in [3.8, 4) is 11.5 Å². The number of aryl methyl sites for hydroxylation is 1. The molecule has 0 bridgehead atoms. The molecule has 3 aromatic carbocycles. The Bertz CT molecular complexity index is 1290. The lowest BCUT2D eigenvalue weighted by atomic mass is 10.0. The Morgan fingerprint density at radius 1 is 1.00 bits per heavy atom. The van der Waals surface area contributed by atoms with Gasteiger partial charge in [-0.3, -0.25) is 9.10 Å². The normalized spacial score (nSPS) is 15.2. The molecule has 1 amide bonds. The number of benzene rings is 3. The standard InChI is InChI=1S/C22H17ClN2O4S/c23-15-7-9-21-18(12-15)24-22(26)17-13-16(8-10-20(17)29-21)30(27,28)25-11-3-5-14-4-1-2-6-19(14)25/h1-2,4,6-10,12-13H,3,5,11H2,(H,24,26). The number of halogens is 1.